The summed E-state index contributed by atoms with van der Waals surface area (Å²) in [6.45, 7) is 8.26. The zero-order valence-electron chi connectivity index (χ0n) is 20.0. The largest absolute Gasteiger partial charge is 0.493 e. The summed E-state index contributed by atoms with van der Waals surface area (Å²) in [4.78, 5) is 12.5. The summed E-state index contributed by atoms with van der Waals surface area (Å²) in [5, 5.41) is 6.26. The number of hydrogen-bond donors (Lipinski definition) is 1. The summed E-state index contributed by atoms with van der Waals surface area (Å²) in [6, 6.07) is 18.6. The molecule has 0 bridgehead atoms. The summed E-state index contributed by atoms with van der Waals surface area (Å²) in [5.74, 6) is 0.574. The Balaban J connectivity index is 1.70. The Morgan fingerprint density at radius 1 is 1.00 bits per heavy atom. The van der Waals surface area contributed by atoms with Gasteiger partial charge in [-0.15, -0.1) is 0 Å². The van der Waals surface area contributed by atoms with Gasteiger partial charge in [0.15, 0.2) is 0 Å². The molecule has 1 aromatic heterocycles. The lowest BCUT2D eigenvalue weighted by Crippen LogP contribution is -2.23. The van der Waals surface area contributed by atoms with E-state index < -0.39 is 0 Å². The van der Waals surface area contributed by atoms with E-state index in [-0.39, 0.29) is 5.91 Å². The average molecular weight is 458 g/mol. The lowest BCUT2D eigenvalue weighted by atomic mass is 9.96. The zero-order valence-corrected chi connectivity index (χ0v) is 20.0. The van der Waals surface area contributed by atoms with Crippen LogP contribution in [0.2, 0.25) is 0 Å². The van der Waals surface area contributed by atoms with Crippen LogP contribution >= 0.6 is 0 Å². The number of ether oxygens (including phenoxy) is 2. The van der Waals surface area contributed by atoms with Crippen LogP contribution in [0.5, 0.6) is 5.75 Å². The van der Waals surface area contributed by atoms with Crippen molar-refractivity contribution in [2.75, 3.05) is 26.4 Å². The summed E-state index contributed by atoms with van der Waals surface area (Å²) >= 11 is 0. The Labute approximate surface area is 200 Å². The molecule has 1 N–H and O–H groups in total. The molecule has 4 aromatic rings. The molecule has 0 spiro atoms. The van der Waals surface area contributed by atoms with E-state index in [1.165, 1.54) is 10.8 Å². The highest BCUT2D eigenvalue weighted by atomic mass is 16.5. The molecule has 0 atom stereocenters. The fraction of sp³-hybridized carbons (Fsp3) is 0.276. The van der Waals surface area contributed by atoms with E-state index in [0.29, 0.717) is 32.1 Å². The number of furan rings is 1. The Hall–Kier alpha value is -3.57. The Morgan fingerprint density at radius 3 is 2.65 bits per heavy atom. The van der Waals surface area contributed by atoms with E-state index in [9.17, 15) is 4.79 Å². The van der Waals surface area contributed by atoms with Crippen molar-refractivity contribution in [1.29, 1.82) is 0 Å². The van der Waals surface area contributed by atoms with Crippen LogP contribution < -0.4 is 10.1 Å². The van der Waals surface area contributed by atoms with Gasteiger partial charge >= 0.3 is 0 Å². The van der Waals surface area contributed by atoms with Gasteiger partial charge in [-0.25, -0.2) is 0 Å². The molecule has 0 fully saturated rings. The molecule has 4 rings (SSSR count). The summed E-state index contributed by atoms with van der Waals surface area (Å²) in [7, 11) is 0. The van der Waals surface area contributed by atoms with Crippen molar-refractivity contribution in [3.8, 4) is 16.9 Å². The first-order valence-electron chi connectivity index (χ1n) is 11.8. The van der Waals surface area contributed by atoms with Crippen LogP contribution in [0.15, 0.2) is 71.4 Å². The first kappa shape index (κ1) is 23.6. The number of nitrogens with one attached hydrogen (secondary N) is 1. The number of amides is 1. The predicted molar refractivity (Wildman–Crippen MR) is 138 cm³/mol. The van der Waals surface area contributed by atoms with Gasteiger partial charge in [0.2, 0.25) is 5.91 Å². The first-order valence-corrected chi connectivity index (χ1v) is 11.8. The summed E-state index contributed by atoms with van der Waals surface area (Å²) < 4.78 is 17.2. The number of rotatable bonds is 10. The van der Waals surface area contributed by atoms with E-state index in [1.807, 2.05) is 39.0 Å². The molecule has 1 heterocycles. The molecule has 0 saturated heterocycles. The second-order valence-electron chi connectivity index (χ2n) is 8.12. The van der Waals surface area contributed by atoms with E-state index in [1.54, 1.807) is 12.3 Å². The molecule has 5 nitrogen and oxygen atoms in total. The second-order valence-corrected chi connectivity index (χ2v) is 8.12. The van der Waals surface area contributed by atoms with Gasteiger partial charge in [0.1, 0.15) is 11.3 Å². The van der Waals surface area contributed by atoms with E-state index in [4.69, 9.17) is 13.9 Å². The normalized spacial score (nSPS) is 11.8. The molecule has 0 saturated carbocycles. The van der Waals surface area contributed by atoms with Crippen LogP contribution in [0, 0.1) is 0 Å². The fourth-order valence-electron chi connectivity index (χ4n) is 4.16. The molecular formula is C29H31NO4. The molecule has 176 valence electrons. The number of fused-ring (bicyclic) bond motifs is 2. The molecule has 34 heavy (non-hydrogen) atoms. The highest BCUT2D eigenvalue weighted by Crippen LogP contribution is 2.39. The van der Waals surface area contributed by atoms with Crippen molar-refractivity contribution < 1.29 is 18.7 Å². The predicted octanol–water partition coefficient (Wildman–Crippen LogP) is 6.60. The Kier molecular flexibility index (Phi) is 7.65. The second kappa shape index (κ2) is 11.0. The molecule has 3 aromatic carbocycles. The molecule has 0 aliphatic heterocycles. The number of carbonyl (C=O) groups excluding carboxylic acids is 1. The summed E-state index contributed by atoms with van der Waals surface area (Å²) in [5.41, 5.74) is 4.59. The molecular weight excluding hydrogens is 426 g/mol. The van der Waals surface area contributed by atoms with Crippen LogP contribution in [0.1, 0.15) is 32.8 Å². The van der Waals surface area contributed by atoms with Gasteiger partial charge in [0.25, 0.3) is 0 Å². The third-order valence-corrected chi connectivity index (χ3v) is 5.80. The quantitative estimate of drug-likeness (QED) is 0.215. The third-order valence-electron chi connectivity index (χ3n) is 5.80. The maximum absolute atomic E-state index is 12.5. The van der Waals surface area contributed by atoms with Crippen molar-refractivity contribution in [2.45, 2.75) is 27.2 Å². The van der Waals surface area contributed by atoms with Crippen molar-refractivity contribution in [3.63, 3.8) is 0 Å². The van der Waals surface area contributed by atoms with Crippen molar-refractivity contribution in [2.24, 2.45) is 0 Å². The van der Waals surface area contributed by atoms with Crippen LogP contribution in [-0.4, -0.2) is 32.3 Å². The van der Waals surface area contributed by atoms with Gasteiger partial charge in [-0.05, 0) is 55.2 Å². The third kappa shape index (κ3) is 5.15. The van der Waals surface area contributed by atoms with Crippen LogP contribution in [0.3, 0.4) is 0 Å². The minimum absolute atomic E-state index is 0.127. The molecule has 0 aliphatic carbocycles. The van der Waals surface area contributed by atoms with Gasteiger partial charge in [-0.2, -0.15) is 0 Å². The standard InChI is InChI=1S/C29H31NO4/c1-4-32-15-9-14-30-29(31)16-20(3)24-17-25-26(19-34-28(25)18-27(24)33-5-2)23-13-8-11-21-10-6-7-12-22(21)23/h6-8,10-13,16-19H,4-5,9,14-15H2,1-3H3,(H,30,31)/b20-16+. The Morgan fingerprint density at radius 2 is 1.82 bits per heavy atom. The van der Waals surface area contributed by atoms with Crippen molar-refractivity contribution in [1.82, 2.24) is 5.32 Å². The minimum Gasteiger partial charge on any atom is -0.493 e. The highest BCUT2D eigenvalue weighted by Gasteiger charge is 2.16. The van der Waals surface area contributed by atoms with Gasteiger partial charge in [-0.1, -0.05) is 42.5 Å². The van der Waals surface area contributed by atoms with Gasteiger partial charge in [0, 0.05) is 48.4 Å². The van der Waals surface area contributed by atoms with Gasteiger partial charge in [-0.3, -0.25) is 4.79 Å². The maximum atomic E-state index is 12.5. The lowest BCUT2D eigenvalue weighted by Gasteiger charge is -2.12. The maximum Gasteiger partial charge on any atom is 0.244 e. The minimum atomic E-state index is -0.127. The number of hydrogen-bond acceptors (Lipinski definition) is 4. The van der Waals surface area contributed by atoms with Crippen LogP contribution in [0.4, 0.5) is 0 Å². The van der Waals surface area contributed by atoms with E-state index in [0.717, 1.165) is 39.7 Å². The molecule has 0 aliphatic rings. The SMILES string of the molecule is CCOCCCNC(=O)/C=C(\C)c1cc2c(-c3cccc4ccccc34)coc2cc1OCC. The molecule has 0 unspecified atom stereocenters. The average Bonchev–Trinajstić information content (AvgIpc) is 3.26. The lowest BCUT2D eigenvalue weighted by molar-refractivity contribution is -0.116. The molecule has 1 amide bonds. The smallest absolute Gasteiger partial charge is 0.244 e. The summed E-state index contributed by atoms with van der Waals surface area (Å²) in [6.07, 6.45) is 4.21. The fourth-order valence-corrected chi connectivity index (χ4v) is 4.16. The van der Waals surface area contributed by atoms with Gasteiger partial charge in [0.05, 0.1) is 12.9 Å². The number of allylic oxidation sites excluding steroid dienone is 1. The zero-order chi connectivity index (χ0) is 23.9. The van der Waals surface area contributed by atoms with E-state index >= 15 is 0 Å². The van der Waals surface area contributed by atoms with Crippen LogP contribution in [0.25, 0.3) is 38.4 Å². The molecule has 0 radical (unpaired) electrons. The Bertz CT molecular complexity index is 1310. The van der Waals surface area contributed by atoms with Crippen molar-refractivity contribution >= 4 is 33.2 Å². The topological polar surface area (TPSA) is 60.7 Å². The van der Waals surface area contributed by atoms with Crippen molar-refractivity contribution in [3.05, 3.63) is 72.5 Å². The number of benzene rings is 3. The number of carbonyl (C=O) groups is 1. The molecule has 5 heteroatoms. The first-order chi connectivity index (χ1) is 16.6. The highest BCUT2D eigenvalue weighted by molar-refractivity contribution is 6.06. The van der Waals surface area contributed by atoms with Gasteiger partial charge < -0.3 is 19.2 Å². The van der Waals surface area contributed by atoms with E-state index in [2.05, 4.69) is 41.7 Å². The van der Waals surface area contributed by atoms with Crippen LogP contribution in [-0.2, 0) is 9.53 Å². The monoisotopic (exact) mass is 457 g/mol.